The van der Waals surface area contributed by atoms with E-state index in [0.29, 0.717) is 23.5 Å². The Morgan fingerprint density at radius 1 is 1.41 bits per heavy atom. The Balaban J connectivity index is 2.22. The number of hydrogen-bond donors (Lipinski definition) is 1. The van der Waals surface area contributed by atoms with Gasteiger partial charge in [-0.25, -0.2) is 0 Å². The molecule has 2 rings (SSSR count). The van der Waals surface area contributed by atoms with Crippen LogP contribution in [0.1, 0.15) is 24.8 Å². The molecular weight excluding hydrogens is 218 g/mol. The van der Waals surface area contributed by atoms with E-state index < -0.39 is 0 Å². The summed E-state index contributed by atoms with van der Waals surface area (Å²) in [5.41, 5.74) is 0.464. The minimum absolute atomic E-state index is 0.0339. The summed E-state index contributed by atoms with van der Waals surface area (Å²) < 4.78 is 11.0. The van der Waals surface area contributed by atoms with Crippen LogP contribution in [0.3, 0.4) is 0 Å². The average molecular weight is 233 g/mol. The van der Waals surface area contributed by atoms with Crippen molar-refractivity contribution < 1.29 is 14.6 Å². The first-order valence-electron chi connectivity index (χ1n) is 5.66. The maximum absolute atomic E-state index is 9.45. The van der Waals surface area contributed by atoms with Crippen LogP contribution in [0.25, 0.3) is 0 Å². The van der Waals surface area contributed by atoms with Gasteiger partial charge in [0.25, 0.3) is 0 Å². The van der Waals surface area contributed by atoms with E-state index in [2.05, 4.69) is 6.07 Å². The molecule has 1 aliphatic carbocycles. The molecule has 0 saturated heterocycles. The number of nitrogens with zero attached hydrogens (tertiary/aromatic N) is 1. The fraction of sp³-hybridized carbons (Fsp3) is 0.462. The smallest absolute Gasteiger partial charge is 0.179 e. The van der Waals surface area contributed by atoms with Gasteiger partial charge in [0.05, 0.1) is 18.8 Å². The molecule has 0 aromatic heterocycles. The number of methoxy groups -OCH3 is 1. The summed E-state index contributed by atoms with van der Waals surface area (Å²) in [6.45, 7) is 0. The Kier molecular flexibility index (Phi) is 3.50. The molecule has 2 unspecified atom stereocenters. The summed E-state index contributed by atoms with van der Waals surface area (Å²) in [5.74, 6) is 1.04. The lowest BCUT2D eigenvalue weighted by Gasteiger charge is -2.16. The molecular formula is C13H15NO3. The van der Waals surface area contributed by atoms with E-state index in [9.17, 15) is 5.11 Å². The van der Waals surface area contributed by atoms with Gasteiger partial charge >= 0.3 is 0 Å². The van der Waals surface area contributed by atoms with Crippen LogP contribution < -0.4 is 9.47 Å². The zero-order valence-corrected chi connectivity index (χ0v) is 9.72. The topological polar surface area (TPSA) is 62.5 Å². The highest BCUT2D eigenvalue weighted by molar-refractivity contribution is 5.52. The van der Waals surface area contributed by atoms with Crippen LogP contribution in [-0.2, 0) is 0 Å². The molecule has 0 aliphatic heterocycles. The predicted molar refractivity (Wildman–Crippen MR) is 62.0 cm³/mol. The van der Waals surface area contributed by atoms with Gasteiger partial charge in [-0.2, -0.15) is 5.26 Å². The van der Waals surface area contributed by atoms with Gasteiger partial charge in [0, 0.05) is 6.42 Å². The quantitative estimate of drug-likeness (QED) is 0.865. The van der Waals surface area contributed by atoms with E-state index in [-0.39, 0.29) is 12.2 Å². The molecule has 1 aliphatic rings. The third-order valence-corrected chi connectivity index (χ3v) is 2.96. The lowest BCUT2D eigenvalue weighted by Crippen LogP contribution is -2.14. The summed E-state index contributed by atoms with van der Waals surface area (Å²) in [6, 6.07) is 7.31. The third kappa shape index (κ3) is 2.51. The van der Waals surface area contributed by atoms with Crippen molar-refractivity contribution in [1.82, 2.24) is 0 Å². The van der Waals surface area contributed by atoms with Gasteiger partial charge in [-0.3, -0.25) is 0 Å². The number of para-hydroxylation sites is 1. The van der Waals surface area contributed by atoms with Crippen molar-refractivity contribution in [3.8, 4) is 17.6 Å². The molecule has 1 saturated carbocycles. The molecule has 1 fully saturated rings. The highest BCUT2D eigenvalue weighted by Gasteiger charge is 2.26. The third-order valence-electron chi connectivity index (χ3n) is 2.96. The van der Waals surface area contributed by atoms with Crippen LogP contribution in [0.15, 0.2) is 18.2 Å². The van der Waals surface area contributed by atoms with Crippen LogP contribution in [0.4, 0.5) is 0 Å². The number of rotatable bonds is 3. The Morgan fingerprint density at radius 2 is 2.24 bits per heavy atom. The standard InChI is InChI=1S/C13H15NO3/c1-16-12-4-2-3-9(8-14)13(12)17-11-6-5-10(15)7-11/h2-4,10-11,15H,5-7H2,1H3. The molecule has 1 N–H and O–H groups in total. The molecule has 4 heteroatoms. The second-order valence-corrected chi connectivity index (χ2v) is 4.16. The maximum Gasteiger partial charge on any atom is 0.179 e. The maximum atomic E-state index is 9.45. The van der Waals surface area contributed by atoms with E-state index in [1.54, 1.807) is 25.3 Å². The van der Waals surface area contributed by atoms with Gasteiger partial charge in [0.15, 0.2) is 11.5 Å². The van der Waals surface area contributed by atoms with E-state index in [1.807, 2.05) is 0 Å². The molecule has 0 radical (unpaired) electrons. The summed E-state index contributed by atoms with van der Waals surface area (Å²) in [4.78, 5) is 0. The highest BCUT2D eigenvalue weighted by Crippen LogP contribution is 2.34. The van der Waals surface area contributed by atoms with E-state index in [0.717, 1.165) is 12.8 Å². The SMILES string of the molecule is COc1cccc(C#N)c1OC1CCC(O)C1. The normalized spacial score (nSPS) is 23.1. The summed E-state index contributed by atoms with van der Waals surface area (Å²) in [5, 5.41) is 18.5. The van der Waals surface area contributed by atoms with Gasteiger partial charge < -0.3 is 14.6 Å². The molecule has 2 atom stereocenters. The van der Waals surface area contributed by atoms with Gasteiger partial charge in [0.1, 0.15) is 12.2 Å². The fourth-order valence-electron chi connectivity index (χ4n) is 2.08. The Morgan fingerprint density at radius 3 is 2.82 bits per heavy atom. The van der Waals surface area contributed by atoms with E-state index in [1.165, 1.54) is 0 Å². The summed E-state index contributed by atoms with van der Waals surface area (Å²) in [6.07, 6.45) is 1.85. The summed E-state index contributed by atoms with van der Waals surface area (Å²) >= 11 is 0. The Hall–Kier alpha value is -1.73. The average Bonchev–Trinajstić information content (AvgIpc) is 2.75. The molecule has 17 heavy (non-hydrogen) atoms. The number of benzene rings is 1. The largest absolute Gasteiger partial charge is 0.493 e. The first kappa shape index (κ1) is 11.7. The van der Waals surface area contributed by atoms with Crippen molar-refractivity contribution in [2.45, 2.75) is 31.5 Å². The molecule has 0 heterocycles. The Labute approximate surface area is 100 Å². The van der Waals surface area contributed by atoms with E-state index >= 15 is 0 Å². The minimum atomic E-state index is -0.291. The van der Waals surface area contributed by atoms with Gasteiger partial charge in [-0.1, -0.05) is 6.07 Å². The lowest BCUT2D eigenvalue weighted by atomic mass is 10.2. The fourth-order valence-corrected chi connectivity index (χ4v) is 2.08. The van der Waals surface area contributed by atoms with Gasteiger partial charge in [-0.15, -0.1) is 0 Å². The molecule has 0 amide bonds. The second kappa shape index (κ2) is 5.07. The molecule has 0 spiro atoms. The molecule has 1 aromatic rings. The molecule has 0 bridgehead atoms. The first-order chi connectivity index (χ1) is 8.24. The molecule has 90 valence electrons. The van der Waals surface area contributed by atoms with Gasteiger partial charge in [0.2, 0.25) is 0 Å². The predicted octanol–water partition coefficient (Wildman–Crippen LogP) is 1.86. The lowest BCUT2D eigenvalue weighted by molar-refractivity contribution is 0.147. The van der Waals surface area contributed by atoms with Crippen LogP contribution in [0, 0.1) is 11.3 Å². The van der Waals surface area contributed by atoms with Crippen LogP contribution in [-0.4, -0.2) is 24.4 Å². The van der Waals surface area contributed by atoms with Crippen molar-refractivity contribution in [1.29, 1.82) is 5.26 Å². The van der Waals surface area contributed by atoms with Crippen molar-refractivity contribution >= 4 is 0 Å². The summed E-state index contributed by atoms with van der Waals surface area (Å²) in [7, 11) is 1.55. The van der Waals surface area contributed by atoms with Crippen molar-refractivity contribution in [2.24, 2.45) is 0 Å². The van der Waals surface area contributed by atoms with Crippen LogP contribution in [0.2, 0.25) is 0 Å². The highest BCUT2D eigenvalue weighted by atomic mass is 16.5. The first-order valence-corrected chi connectivity index (χ1v) is 5.66. The number of aliphatic hydroxyl groups is 1. The van der Waals surface area contributed by atoms with Gasteiger partial charge in [-0.05, 0) is 25.0 Å². The zero-order chi connectivity index (χ0) is 12.3. The molecule has 1 aromatic carbocycles. The van der Waals surface area contributed by atoms with Crippen LogP contribution in [0.5, 0.6) is 11.5 Å². The monoisotopic (exact) mass is 233 g/mol. The van der Waals surface area contributed by atoms with Crippen molar-refractivity contribution in [3.05, 3.63) is 23.8 Å². The number of hydrogen-bond acceptors (Lipinski definition) is 4. The second-order valence-electron chi connectivity index (χ2n) is 4.16. The van der Waals surface area contributed by atoms with Crippen molar-refractivity contribution in [2.75, 3.05) is 7.11 Å². The van der Waals surface area contributed by atoms with E-state index in [4.69, 9.17) is 14.7 Å². The number of ether oxygens (including phenoxy) is 2. The minimum Gasteiger partial charge on any atom is -0.493 e. The zero-order valence-electron chi connectivity index (χ0n) is 9.72. The Bertz CT molecular complexity index is 439. The molecule has 4 nitrogen and oxygen atoms in total. The van der Waals surface area contributed by atoms with Crippen molar-refractivity contribution in [3.63, 3.8) is 0 Å². The number of nitriles is 1. The number of aliphatic hydroxyl groups excluding tert-OH is 1. The van der Waals surface area contributed by atoms with Crippen LogP contribution >= 0.6 is 0 Å².